The van der Waals surface area contributed by atoms with E-state index in [0.717, 1.165) is 5.56 Å². The van der Waals surface area contributed by atoms with E-state index in [9.17, 15) is 9.90 Å². The molecule has 0 aliphatic heterocycles. The largest absolute Gasteiger partial charge is 0.480 e. The lowest BCUT2D eigenvalue weighted by molar-refractivity contribution is -0.139. The van der Waals surface area contributed by atoms with E-state index in [2.05, 4.69) is 15.5 Å². The number of nitrogens with zero attached hydrogens (tertiary/aromatic N) is 2. The summed E-state index contributed by atoms with van der Waals surface area (Å²) in [6.45, 7) is 0.108. The maximum atomic E-state index is 11.4. The molecule has 2 rings (SSSR count). The van der Waals surface area contributed by atoms with Crippen LogP contribution in [0.1, 0.15) is 11.3 Å². The molecule has 114 valence electrons. The van der Waals surface area contributed by atoms with E-state index in [-0.39, 0.29) is 6.54 Å². The van der Waals surface area contributed by atoms with E-state index in [1.807, 2.05) is 30.3 Å². The predicted octanol–water partition coefficient (Wildman–Crippen LogP) is 1.55. The second kappa shape index (κ2) is 7.90. The number of hydrogen-bond acceptors (Lipinski definition) is 5. The maximum absolute atomic E-state index is 11.4. The number of rotatable bonds is 7. The highest BCUT2D eigenvalue weighted by Crippen LogP contribution is 2.04. The van der Waals surface area contributed by atoms with Crippen molar-refractivity contribution >= 4 is 11.7 Å². The summed E-state index contributed by atoms with van der Waals surface area (Å²) < 4.78 is 0. The Balaban J connectivity index is 2.01. The van der Waals surface area contributed by atoms with E-state index in [1.54, 1.807) is 24.4 Å². The van der Waals surface area contributed by atoms with E-state index < -0.39 is 12.0 Å². The molecule has 0 bridgehead atoms. The molecule has 1 heterocycles. The Hall–Kier alpha value is -2.73. The minimum absolute atomic E-state index is 0.108. The third-order valence-electron chi connectivity index (χ3n) is 3.18. The zero-order valence-corrected chi connectivity index (χ0v) is 11.9. The number of carbonyl (C=O) groups is 1. The molecule has 6 nitrogen and oxygen atoms in total. The number of aromatic nitrogens is 1. The molecule has 0 saturated heterocycles. The van der Waals surface area contributed by atoms with Gasteiger partial charge >= 0.3 is 5.97 Å². The van der Waals surface area contributed by atoms with Gasteiger partial charge in [0.1, 0.15) is 11.8 Å². The minimum Gasteiger partial charge on any atom is -0.480 e. The van der Waals surface area contributed by atoms with Gasteiger partial charge in [-0.1, -0.05) is 41.6 Å². The van der Waals surface area contributed by atoms with Gasteiger partial charge in [-0.15, -0.1) is 0 Å². The summed E-state index contributed by atoms with van der Waals surface area (Å²) in [4.78, 5) is 15.4. The van der Waals surface area contributed by atoms with Gasteiger partial charge in [-0.05, 0) is 24.1 Å². The Kier molecular flexibility index (Phi) is 5.62. The normalized spacial score (nSPS) is 12.8. The lowest BCUT2D eigenvalue weighted by Gasteiger charge is -2.15. The van der Waals surface area contributed by atoms with Crippen LogP contribution >= 0.6 is 0 Å². The zero-order chi connectivity index (χ0) is 15.8. The van der Waals surface area contributed by atoms with Crippen molar-refractivity contribution in [3.63, 3.8) is 0 Å². The molecule has 22 heavy (non-hydrogen) atoms. The molecule has 1 atom stereocenters. The average Bonchev–Trinajstić information content (AvgIpc) is 2.56. The van der Waals surface area contributed by atoms with Gasteiger partial charge in [-0.25, -0.2) is 0 Å². The molecule has 6 heteroatoms. The Bertz CT molecular complexity index is 630. The van der Waals surface area contributed by atoms with Crippen molar-refractivity contribution in [2.24, 2.45) is 5.16 Å². The summed E-state index contributed by atoms with van der Waals surface area (Å²) in [6.07, 6.45) is 1.93. The zero-order valence-electron chi connectivity index (χ0n) is 11.9. The van der Waals surface area contributed by atoms with E-state index in [1.165, 1.54) is 0 Å². The summed E-state index contributed by atoms with van der Waals surface area (Å²) in [5.74, 6) is -0.956. The molecule has 0 spiro atoms. The van der Waals surface area contributed by atoms with Crippen LogP contribution in [0.3, 0.4) is 0 Å². The molecule has 1 unspecified atom stereocenters. The molecule has 3 N–H and O–H groups in total. The molecule has 0 saturated carbocycles. The number of benzene rings is 1. The van der Waals surface area contributed by atoms with Crippen molar-refractivity contribution in [1.82, 2.24) is 10.3 Å². The number of carboxylic acids is 1. The van der Waals surface area contributed by atoms with Gasteiger partial charge in [-0.3, -0.25) is 15.1 Å². The number of oxime groups is 1. The van der Waals surface area contributed by atoms with Crippen molar-refractivity contribution < 1.29 is 15.1 Å². The third kappa shape index (κ3) is 4.39. The summed E-state index contributed by atoms with van der Waals surface area (Å²) in [5.41, 5.74) is 1.71. The molecule has 0 radical (unpaired) electrons. The Labute approximate surface area is 128 Å². The van der Waals surface area contributed by atoms with Gasteiger partial charge in [0.25, 0.3) is 0 Å². The summed E-state index contributed by atoms with van der Waals surface area (Å²) in [7, 11) is 0. The van der Waals surface area contributed by atoms with Gasteiger partial charge in [0.2, 0.25) is 0 Å². The first-order chi connectivity index (χ1) is 10.7. The van der Waals surface area contributed by atoms with E-state index in [0.29, 0.717) is 17.8 Å². The van der Waals surface area contributed by atoms with Crippen molar-refractivity contribution in [3.8, 4) is 0 Å². The molecule has 2 aromatic rings. The highest BCUT2D eigenvalue weighted by Gasteiger charge is 2.18. The fourth-order valence-electron chi connectivity index (χ4n) is 2.03. The second-order valence-electron chi connectivity index (χ2n) is 4.72. The fraction of sp³-hybridized carbons (Fsp3) is 0.188. The van der Waals surface area contributed by atoms with Crippen LogP contribution in [0.15, 0.2) is 59.9 Å². The number of carboxylic acid groups (broad SMARTS) is 1. The van der Waals surface area contributed by atoms with Crippen LogP contribution in [0.4, 0.5) is 0 Å². The molecular weight excluding hydrogens is 282 g/mol. The lowest BCUT2D eigenvalue weighted by Crippen LogP contribution is -2.41. The summed E-state index contributed by atoms with van der Waals surface area (Å²) >= 11 is 0. The van der Waals surface area contributed by atoms with E-state index >= 15 is 0 Å². The molecule has 0 aliphatic carbocycles. The fourth-order valence-corrected chi connectivity index (χ4v) is 2.03. The van der Waals surface area contributed by atoms with Gasteiger partial charge in [0, 0.05) is 12.7 Å². The molecule has 0 fully saturated rings. The maximum Gasteiger partial charge on any atom is 0.321 e. The van der Waals surface area contributed by atoms with Crippen LogP contribution < -0.4 is 5.32 Å². The first kappa shape index (κ1) is 15.7. The topological polar surface area (TPSA) is 94.8 Å². The first-order valence-electron chi connectivity index (χ1n) is 6.83. The summed E-state index contributed by atoms with van der Waals surface area (Å²) in [6, 6.07) is 13.8. The van der Waals surface area contributed by atoms with E-state index in [4.69, 9.17) is 5.21 Å². The molecule has 1 aromatic carbocycles. The monoisotopic (exact) mass is 299 g/mol. The SMILES string of the molecule is O=C(O)C(Cc1ccccc1)NC/C(=N\O)c1ccccn1. The third-order valence-corrected chi connectivity index (χ3v) is 3.18. The Morgan fingerprint density at radius 1 is 1.18 bits per heavy atom. The highest BCUT2D eigenvalue weighted by molar-refractivity contribution is 6.00. The number of aliphatic carboxylic acids is 1. The van der Waals surface area contributed by atoms with Crippen LogP contribution in [0, 0.1) is 0 Å². The quantitative estimate of drug-likeness (QED) is 0.409. The van der Waals surface area contributed by atoms with Crippen LogP contribution in [0.5, 0.6) is 0 Å². The number of pyridine rings is 1. The standard InChI is InChI=1S/C16H17N3O3/c20-16(21)14(10-12-6-2-1-3-7-12)18-11-15(19-22)13-8-4-5-9-17-13/h1-9,14,18,22H,10-11H2,(H,20,21)/b19-15+. The van der Waals surface area contributed by atoms with Gasteiger partial charge in [0.05, 0.1) is 5.69 Å². The van der Waals surface area contributed by atoms with Crippen molar-refractivity contribution in [3.05, 3.63) is 66.0 Å². The number of hydrogen-bond donors (Lipinski definition) is 3. The smallest absolute Gasteiger partial charge is 0.321 e. The second-order valence-corrected chi connectivity index (χ2v) is 4.72. The molecule has 1 aromatic heterocycles. The van der Waals surface area contributed by atoms with Gasteiger partial charge in [0.15, 0.2) is 0 Å². The van der Waals surface area contributed by atoms with Crippen molar-refractivity contribution in [2.75, 3.05) is 6.54 Å². The van der Waals surface area contributed by atoms with Crippen LogP contribution in [-0.2, 0) is 11.2 Å². The lowest BCUT2D eigenvalue weighted by atomic mass is 10.1. The van der Waals surface area contributed by atoms with Crippen molar-refractivity contribution in [1.29, 1.82) is 0 Å². The summed E-state index contributed by atoms with van der Waals surface area (Å²) in [5, 5.41) is 24.5. The minimum atomic E-state index is -0.956. The number of nitrogens with one attached hydrogen (secondary N) is 1. The predicted molar refractivity (Wildman–Crippen MR) is 82.1 cm³/mol. The average molecular weight is 299 g/mol. The molecule has 0 amide bonds. The van der Waals surface area contributed by atoms with Crippen LogP contribution in [-0.4, -0.2) is 39.6 Å². The van der Waals surface area contributed by atoms with Crippen LogP contribution in [0.25, 0.3) is 0 Å². The van der Waals surface area contributed by atoms with Crippen LogP contribution in [0.2, 0.25) is 0 Å². The van der Waals surface area contributed by atoms with Gasteiger partial charge in [-0.2, -0.15) is 0 Å². The van der Waals surface area contributed by atoms with Crippen molar-refractivity contribution in [2.45, 2.75) is 12.5 Å². The highest BCUT2D eigenvalue weighted by atomic mass is 16.4. The molecular formula is C16H17N3O3. The molecule has 0 aliphatic rings. The van der Waals surface area contributed by atoms with Gasteiger partial charge < -0.3 is 10.3 Å². The first-order valence-corrected chi connectivity index (χ1v) is 6.83. The Morgan fingerprint density at radius 3 is 2.50 bits per heavy atom. The Morgan fingerprint density at radius 2 is 1.91 bits per heavy atom.